The highest BCUT2D eigenvalue weighted by Gasteiger charge is 2.21. The van der Waals surface area contributed by atoms with E-state index in [2.05, 4.69) is 16.4 Å². The summed E-state index contributed by atoms with van der Waals surface area (Å²) >= 11 is 7.80. The van der Waals surface area contributed by atoms with Gasteiger partial charge in [-0.15, -0.1) is 16.4 Å². The molecule has 1 N–H and O–H groups in total. The van der Waals surface area contributed by atoms with E-state index in [4.69, 9.17) is 11.6 Å². The first-order valence-corrected chi connectivity index (χ1v) is 9.98. The van der Waals surface area contributed by atoms with E-state index in [1.165, 1.54) is 17.4 Å². The van der Waals surface area contributed by atoms with Gasteiger partial charge in [-0.05, 0) is 35.6 Å². The van der Waals surface area contributed by atoms with E-state index in [0.29, 0.717) is 31.1 Å². The van der Waals surface area contributed by atoms with E-state index in [1.54, 1.807) is 23.1 Å². The monoisotopic (exact) mass is 416 g/mol. The van der Waals surface area contributed by atoms with E-state index in [1.807, 2.05) is 11.0 Å². The van der Waals surface area contributed by atoms with Gasteiger partial charge in [-0.1, -0.05) is 22.9 Å². The largest absolute Gasteiger partial charge is 0.478 e. The van der Waals surface area contributed by atoms with E-state index < -0.39 is 5.97 Å². The van der Waals surface area contributed by atoms with E-state index >= 15 is 0 Å². The SMILES string of the molecule is O=C(O)c1cc(Cl)c2sc(C3=CCCN(C(=O)CCn4ccnn4)C3)cc2c1. The van der Waals surface area contributed by atoms with Gasteiger partial charge in [0.2, 0.25) is 5.91 Å². The number of benzene rings is 1. The third kappa shape index (κ3) is 3.79. The molecule has 0 fully saturated rings. The lowest BCUT2D eigenvalue weighted by molar-refractivity contribution is -0.131. The van der Waals surface area contributed by atoms with Gasteiger partial charge in [-0.3, -0.25) is 9.48 Å². The molecule has 1 aromatic carbocycles. The summed E-state index contributed by atoms with van der Waals surface area (Å²) in [4.78, 5) is 26.7. The Morgan fingerprint density at radius 2 is 2.14 bits per heavy atom. The molecule has 28 heavy (non-hydrogen) atoms. The van der Waals surface area contributed by atoms with Crippen molar-refractivity contribution in [1.29, 1.82) is 0 Å². The van der Waals surface area contributed by atoms with Crippen molar-refractivity contribution in [1.82, 2.24) is 19.9 Å². The van der Waals surface area contributed by atoms with E-state index in [9.17, 15) is 14.7 Å². The molecular formula is C19H17ClN4O3S. The van der Waals surface area contributed by atoms with Crippen LogP contribution in [-0.4, -0.2) is 50.0 Å². The fraction of sp³-hybridized carbons (Fsp3) is 0.263. The van der Waals surface area contributed by atoms with Gasteiger partial charge in [-0.2, -0.15) is 0 Å². The summed E-state index contributed by atoms with van der Waals surface area (Å²) in [5.41, 5.74) is 1.24. The van der Waals surface area contributed by atoms with Crippen LogP contribution in [-0.2, 0) is 11.3 Å². The molecule has 1 aliphatic heterocycles. The standard InChI is InChI=1S/C19H17ClN4O3S/c20-15-9-14(19(26)27)8-13-10-16(28-18(13)15)12-2-1-5-23(11-12)17(25)3-6-24-7-4-21-22-24/h2,4,7-10H,1,3,5-6,11H2,(H,26,27). The van der Waals surface area contributed by atoms with Crippen LogP contribution in [0.3, 0.4) is 0 Å². The van der Waals surface area contributed by atoms with Crippen molar-refractivity contribution in [2.24, 2.45) is 0 Å². The predicted octanol–water partition coefficient (Wildman–Crippen LogP) is 3.55. The van der Waals surface area contributed by atoms with Crippen LogP contribution in [0.4, 0.5) is 0 Å². The molecule has 0 saturated heterocycles. The molecule has 7 nitrogen and oxygen atoms in total. The fourth-order valence-electron chi connectivity index (χ4n) is 3.25. The number of thiophene rings is 1. The lowest BCUT2D eigenvalue weighted by atomic mass is 10.1. The highest BCUT2D eigenvalue weighted by molar-refractivity contribution is 7.20. The van der Waals surface area contributed by atoms with Gasteiger partial charge in [0.05, 0.1) is 28.0 Å². The minimum atomic E-state index is -1.00. The number of carboxylic acids is 1. The van der Waals surface area contributed by atoms with Crippen molar-refractivity contribution < 1.29 is 14.7 Å². The molecule has 0 bridgehead atoms. The van der Waals surface area contributed by atoms with Crippen LogP contribution in [0.5, 0.6) is 0 Å². The average Bonchev–Trinajstić information content (AvgIpc) is 3.36. The molecule has 144 valence electrons. The summed E-state index contributed by atoms with van der Waals surface area (Å²) in [5.74, 6) is -0.925. The van der Waals surface area contributed by atoms with Gasteiger partial charge in [-0.25, -0.2) is 4.79 Å². The Morgan fingerprint density at radius 1 is 1.29 bits per heavy atom. The summed E-state index contributed by atoms with van der Waals surface area (Å²) in [6.07, 6.45) is 6.62. The molecule has 0 unspecified atom stereocenters. The number of nitrogens with zero attached hydrogens (tertiary/aromatic N) is 4. The molecule has 1 aliphatic rings. The van der Waals surface area contributed by atoms with Crippen LogP contribution in [0.1, 0.15) is 28.1 Å². The summed E-state index contributed by atoms with van der Waals surface area (Å²) in [5, 5.41) is 18.1. The number of rotatable bonds is 5. The van der Waals surface area contributed by atoms with Crippen LogP contribution in [0.25, 0.3) is 15.7 Å². The number of carbonyl (C=O) groups excluding carboxylic acids is 1. The molecular weight excluding hydrogens is 400 g/mol. The van der Waals surface area contributed by atoms with Crippen LogP contribution in [0.2, 0.25) is 5.02 Å². The zero-order chi connectivity index (χ0) is 19.7. The molecule has 2 aromatic heterocycles. The zero-order valence-corrected chi connectivity index (χ0v) is 16.4. The average molecular weight is 417 g/mol. The second kappa shape index (κ2) is 7.73. The minimum absolute atomic E-state index is 0.0772. The second-order valence-corrected chi connectivity index (χ2v) is 8.00. The summed E-state index contributed by atoms with van der Waals surface area (Å²) in [6, 6.07) is 5.06. The van der Waals surface area contributed by atoms with Gasteiger partial charge in [0.15, 0.2) is 0 Å². The van der Waals surface area contributed by atoms with Crippen molar-refractivity contribution in [2.45, 2.75) is 19.4 Å². The molecule has 1 amide bonds. The summed E-state index contributed by atoms with van der Waals surface area (Å²) < 4.78 is 2.50. The lowest BCUT2D eigenvalue weighted by Gasteiger charge is -2.27. The van der Waals surface area contributed by atoms with E-state index in [0.717, 1.165) is 27.0 Å². The van der Waals surface area contributed by atoms with Gasteiger partial charge >= 0.3 is 5.97 Å². The van der Waals surface area contributed by atoms with Gasteiger partial charge in [0.1, 0.15) is 0 Å². The molecule has 0 radical (unpaired) electrons. The Hall–Kier alpha value is -2.71. The first-order valence-electron chi connectivity index (χ1n) is 8.79. The number of carboxylic acid groups (broad SMARTS) is 1. The van der Waals surface area contributed by atoms with Crippen LogP contribution >= 0.6 is 22.9 Å². The highest BCUT2D eigenvalue weighted by Crippen LogP contribution is 2.37. The van der Waals surface area contributed by atoms with Crippen molar-refractivity contribution in [3.05, 3.63) is 52.1 Å². The Kier molecular flexibility index (Phi) is 5.15. The van der Waals surface area contributed by atoms with Crippen molar-refractivity contribution in [2.75, 3.05) is 13.1 Å². The molecule has 3 heterocycles. The topological polar surface area (TPSA) is 88.3 Å². The Labute approximate surface area is 169 Å². The lowest BCUT2D eigenvalue weighted by Crippen LogP contribution is -2.35. The number of halogens is 1. The normalized spacial score (nSPS) is 14.3. The number of aryl methyl sites for hydroxylation is 1. The fourth-order valence-corrected chi connectivity index (χ4v) is 4.67. The highest BCUT2D eigenvalue weighted by atomic mass is 35.5. The van der Waals surface area contributed by atoms with Crippen molar-refractivity contribution in [3.63, 3.8) is 0 Å². The van der Waals surface area contributed by atoms with Gasteiger partial charge < -0.3 is 10.0 Å². The third-order valence-electron chi connectivity index (χ3n) is 4.66. The maximum Gasteiger partial charge on any atom is 0.335 e. The first-order chi connectivity index (χ1) is 13.5. The summed E-state index contributed by atoms with van der Waals surface area (Å²) in [7, 11) is 0. The number of fused-ring (bicyclic) bond motifs is 1. The number of hydrogen-bond donors (Lipinski definition) is 1. The maximum atomic E-state index is 12.6. The Morgan fingerprint density at radius 3 is 2.89 bits per heavy atom. The molecule has 0 spiro atoms. The number of amides is 1. The molecule has 3 aromatic rings. The number of hydrogen-bond acceptors (Lipinski definition) is 5. The predicted molar refractivity (Wildman–Crippen MR) is 108 cm³/mol. The number of aromatic nitrogens is 3. The van der Waals surface area contributed by atoms with Crippen LogP contribution in [0.15, 0.2) is 36.7 Å². The van der Waals surface area contributed by atoms with Crippen molar-refractivity contribution >= 4 is 50.5 Å². The molecule has 4 rings (SSSR count). The molecule has 0 aliphatic carbocycles. The number of aromatic carboxylic acids is 1. The van der Waals surface area contributed by atoms with Crippen LogP contribution in [0, 0.1) is 0 Å². The van der Waals surface area contributed by atoms with Gasteiger partial charge in [0, 0.05) is 30.6 Å². The first kappa shape index (κ1) is 18.6. The van der Waals surface area contributed by atoms with E-state index in [-0.39, 0.29) is 11.5 Å². The minimum Gasteiger partial charge on any atom is -0.478 e. The summed E-state index contributed by atoms with van der Waals surface area (Å²) in [6.45, 7) is 1.73. The second-order valence-electron chi connectivity index (χ2n) is 6.54. The smallest absolute Gasteiger partial charge is 0.335 e. The Balaban J connectivity index is 1.51. The third-order valence-corrected chi connectivity index (χ3v) is 6.33. The number of carbonyl (C=O) groups is 2. The zero-order valence-electron chi connectivity index (χ0n) is 14.8. The Bertz CT molecular complexity index is 1070. The van der Waals surface area contributed by atoms with Gasteiger partial charge in [0.25, 0.3) is 0 Å². The molecule has 9 heteroatoms. The van der Waals surface area contributed by atoms with Crippen LogP contribution < -0.4 is 0 Å². The molecule has 0 atom stereocenters. The maximum absolute atomic E-state index is 12.6. The molecule has 0 saturated carbocycles. The quantitative estimate of drug-likeness (QED) is 0.687. The van der Waals surface area contributed by atoms with Crippen molar-refractivity contribution in [3.8, 4) is 0 Å².